The Morgan fingerprint density at radius 2 is 1.61 bits per heavy atom. The number of hydrogen-bond acceptors (Lipinski definition) is 1. The van der Waals surface area contributed by atoms with Gasteiger partial charge in [-0.3, -0.25) is 4.79 Å². The summed E-state index contributed by atoms with van der Waals surface area (Å²) in [6, 6.07) is 8.65. The fourth-order valence-electron chi connectivity index (χ4n) is 1.49. The maximum absolute atomic E-state index is 13.1. The van der Waals surface area contributed by atoms with Crippen molar-refractivity contribution in [2.75, 3.05) is 0 Å². The van der Waals surface area contributed by atoms with Crippen molar-refractivity contribution in [3.8, 4) is 0 Å². The second-order valence-corrected chi connectivity index (χ2v) is 5.34. The molecule has 18 heavy (non-hydrogen) atoms. The molecule has 0 aliphatic rings. The molecule has 0 N–H and O–H groups in total. The summed E-state index contributed by atoms with van der Waals surface area (Å²) in [7, 11) is 0. The largest absolute Gasteiger partial charge is 0.289 e. The lowest BCUT2D eigenvalue weighted by Gasteiger charge is -2.04. The smallest absolute Gasteiger partial charge is 0.193 e. The van der Waals surface area contributed by atoms with Crippen LogP contribution in [0, 0.1) is 5.82 Å². The number of hydrogen-bond donors (Lipinski definition) is 0. The van der Waals surface area contributed by atoms with Crippen LogP contribution in [-0.4, -0.2) is 5.78 Å². The third-order valence-corrected chi connectivity index (χ3v) is 3.35. The van der Waals surface area contributed by atoms with Crippen molar-refractivity contribution in [3.05, 3.63) is 67.9 Å². The summed E-state index contributed by atoms with van der Waals surface area (Å²) in [6.45, 7) is 0. The first kappa shape index (κ1) is 13.5. The molecule has 0 unspecified atom stereocenters. The molecule has 1 nitrogen and oxygen atoms in total. The van der Waals surface area contributed by atoms with Crippen LogP contribution >= 0.6 is 39.1 Å². The molecule has 0 aromatic heterocycles. The van der Waals surface area contributed by atoms with Gasteiger partial charge in [-0.05, 0) is 52.3 Å². The van der Waals surface area contributed by atoms with E-state index in [9.17, 15) is 9.18 Å². The monoisotopic (exact) mass is 346 g/mol. The quantitative estimate of drug-likeness (QED) is 0.688. The van der Waals surface area contributed by atoms with Crippen molar-refractivity contribution in [2.45, 2.75) is 0 Å². The zero-order valence-corrected chi connectivity index (χ0v) is 12.0. The minimum Gasteiger partial charge on any atom is -0.289 e. The number of carbonyl (C=O) groups excluding carboxylic acids is 1. The molecule has 0 amide bonds. The zero-order chi connectivity index (χ0) is 13.3. The topological polar surface area (TPSA) is 17.1 Å². The fraction of sp³-hybridized carbons (Fsp3) is 0. The van der Waals surface area contributed by atoms with E-state index in [-0.39, 0.29) is 10.3 Å². The van der Waals surface area contributed by atoms with Gasteiger partial charge in [0, 0.05) is 21.2 Å². The predicted molar refractivity (Wildman–Crippen MR) is 74.0 cm³/mol. The molecule has 0 radical (unpaired) electrons. The molecule has 0 bridgehead atoms. The van der Waals surface area contributed by atoms with Crippen molar-refractivity contribution in [1.82, 2.24) is 0 Å². The molecule has 0 heterocycles. The second kappa shape index (κ2) is 5.39. The molecular weight excluding hydrogens is 342 g/mol. The minimum atomic E-state index is -0.421. The Labute approximate surface area is 122 Å². The molecule has 2 aromatic rings. The van der Waals surface area contributed by atoms with Crippen LogP contribution in [0.3, 0.4) is 0 Å². The van der Waals surface area contributed by atoms with E-state index in [0.717, 1.165) is 0 Å². The van der Waals surface area contributed by atoms with Gasteiger partial charge in [-0.15, -0.1) is 0 Å². The summed E-state index contributed by atoms with van der Waals surface area (Å²) in [5.74, 6) is -0.684. The summed E-state index contributed by atoms with van der Waals surface area (Å²) in [4.78, 5) is 12.2. The third-order valence-electron chi connectivity index (χ3n) is 2.31. The molecule has 5 heteroatoms. The Kier molecular flexibility index (Phi) is 4.05. The molecule has 2 aromatic carbocycles. The molecule has 0 saturated heterocycles. The highest BCUT2D eigenvalue weighted by molar-refractivity contribution is 9.10. The van der Waals surface area contributed by atoms with Gasteiger partial charge in [-0.1, -0.05) is 23.2 Å². The third kappa shape index (κ3) is 2.91. The Morgan fingerprint density at radius 1 is 1.00 bits per heavy atom. The lowest BCUT2D eigenvalue weighted by Crippen LogP contribution is -2.01. The van der Waals surface area contributed by atoms with Gasteiger partial charge in [-0.25, -0.2) is 4.39 Å². The Morgan fingerprint density at radius 3 is 2.17 bits per heavy atom. The van der Waals surface area contributed by atoms with Gasteiger partial charge in [0.2, 0.25) is 0 Å². The molecule has 92 valence electrons. The SMILES string of the molecule is O=C(c1cc(Cl)cc(Cl)c1)c1ccc(F)c(Br)c1. The molecular formula is C13H6BrCl2FO. The van der Waals surface area contributed by atoms with E-state index >= 15 is 0 Å². The minimum absolute atomic E-state index is 0.237. The van der Waals surface area contributed by atoms with E-state index in [0.29, 0.717) is 21.2 Å². The van der Waals surface area contributed by atoms with Gasteiger partial charge in [0.1, 0.15) is 5.82 Å². The standard InChI is InChI=1S/C13H6BrCl2FO/c14-11-5-7(1-2-12(11)17)13(18)8-3-9(15)6-10(16)4-8/h1-6H. The highest BCUT2D eigenvalue weighted by Crippen LogP contribution is 2.23. The van der Waals surface area contributed by atoms with E-state index in [1.54, 1.807) is 6.07 Å². The van der Waals surface area contributed by atoms with Crippen LogP contribution in [0.4, 0.5) is 4.39 Å². The Hall–Kier alpha value is -0.900. The van der Waals surface area contributed by atoms with E-state index in [2.05, 4.69) is 15.9 Å². The lowest BCUT2D eigenvalue weighted by atomic mass is 10.0. The van der Waals surface area contributed by atoms with Crippen LogP contribution in [0.2, 0.25) is 10.0 Å². The number of benzene rings is 2. The zero-order valence-electron chi connectivity index (χ0n) is 8.88. The van der Waals surface area contributed by atoms with Crippen molar-refractivity contribution < 1.29 is 9.18 Å². The van der Waals surface area contributed by atoms with Crippen LogP contribution in [0.15, 0.2) is 40.9 Å². The second-order valence-electron chi connectivity index (χ2n) is 3.62. The van der Waals surface area contributed by atoms with Crippen LogP contribution in [0.1, 0.15) is 15.9 Å². The summed E-state index contributed by atoms with van der Waals surface area (Å²) < 4.78 is 13.3. The number of rotatable bonds is 2. The highest BCUT2D eigenvalue weighted by atomic mass is 79.9. The molecule has 2 rings (SSSR count). The summed E-state index contributed by atoms with van der Waals surface area (Å²) in [5, 5.41) is 0.763. The van der Waals surface area contributed by atoms with E-state index in [4.69, 9.17) is 23.2 Å². The van der Waals surface area contributed by atoms with E-state index in [1.165, 1.54) is 30.3 Å². The maximum Gasteiger partial charge on any atom is 0.193 e. The van der Waals surface area contributed by atoms with Crippen LogP contribution in [-0.2, 0) is 0 Å². The van der Waals surface area contributed by atoms with Crippen molar-refractivity contribution in [2.24, 2.45) is 0 Å². The van der Waals surface area contributed by atoms with Crippen molar-refractivity contribution in [3.63, 3.8) is 0 Å². The van der Waals surface area contributed by atoms with Crippen LogP contribution in [0.5, 0.6) is 0 Å². The van der Waals surface area contributed by atoms with Gasteiger partial charge in [0.05, 0.1) is 4.47 Å². The Balaban J connectivity index is 2.44. The van der Waals surface area contributed by atoms with E-state index < -0.39 is 5.82 Å². The average molecular weight is 348 g/mol. The molecule has 0 aliphatic heterocycles. The van der Waals surface area contributed by atoms with Gasteiger partial charge < -0.3 is 0 Å². The Bertz CT molecular complexity index is 608. The van der Waals surface area contributed by atoms with E-state index in [1.807, 2.05) is 0 Å². The van der Waals surface area contributed by atoms with Crippen molar-refractivity contribution in [1.29, 1.82) is 0 Å². The molecule has 0 spiro atoms. The predicted octanol–water partition coefficient (Wildman–Crippen LogP) is 5.13. The number of ketones is 1. The summed E-state index contributed by atoms with van der Waals surface area (Å²) in [5.41, 5.74) is 0.729. The molecule has 0 fully saturated rings. The van der Waals surface area contributed by atoms with Gasteiger partial charge in [0.25, 0.3) is 0 Å². The van der Waals surface area contributed by atoms with Crippen LogP contribution < -0.4 is 0 Å². The molecule has 0 aliphatic carbocycles. The van der Waals surface area contributed by atoms with Crippen LogP contribution in [0.25, 0.3) is 0 Å². The molecule has 0 atom stereocenters. The van der Waals surface area contributed by atoms with Gasteiger partial charge in [-0.2, -0.15) is 0 Å². The summed E-state index contributed by atoms with van der Waals surface area (Å²) in [6.07, 6.45) is 0. The maximum atomic E-state index is 13.1. The number of halogens is 4. The van der Waals surface area contributed by atoms with Gasteiger partial charge >= 0.3 is 0 Å². The average Bonchev–Trinajstić information content (AvgIpc) is 2.30. The summed E-state index contributed by atoms with van der Waals surface area (Å²) >= 11 is 14.7. The molecule has 0 saturated carbocycles. The van der Waals surface area contributed by atoms with Crippen molar-refractivity contribution >= 4 is 44.9 Å². The first-order valence-corrected chi connectivity index (χ1v) is 6.48. The number of carbonyl (C=O) groups is 1. The van der Waals surface area contributed by atoms with Gasteiger partial charge in [0.15, 0.2) is 5.78 Å². The fourth-order valence-corrected chi connectivity index (χ4v) is 2.39. The highest BCUT2D eigenvalue weighted by Gasteiger charge is 2.12. The first-order chi connectivity index (χ1) is 8.47. The normalized spacial score (nSPS) is 10.4. The lowest BCUT2D eigenvalue weighted by molar-refractivity contribution is 0.103. The first-order valence-electron chi connectivity index (χ1n) is 4.93.